The quantitative estimate of drug-likeness (QED) is 0.910. The van der Waals surface area contributed by atoms with E-state index >= 15 is 0 Å². The summed E-state index contributed by atoms with van der Waals surface area (Å²) in [6, 6.07) is 9.52. The second-order valence-corrected chi connectivity index (χ2v) is 6.49. The van der Waals surface area contributed by atoms with E-state index in [4.69, 9.17) is 4.52 Å². The lowest BCUT2D eigenvalue weighted by molar-refractivity contribution is 0.0188. The Morgan fingerprint density at radius 2 is 2.22 bits per heavy atom. The summed E-state index contributed by atoms with van der Waals surface area (Å²) in [5.41, 5.74) is 1.30. The van der Waals surface area contributed by atoms with Gasteiger partial charge in [0.2, 0.25) is 0 Å². The molecule has 0 bridgehead atoms. The molecule has 122 valence electrons. The molecule has 1 amide bonds. The third-order valence-electron chi connectivity index (χ3n) is 4.43. The van der Waals surface area contributed by atoms with E-state index in [1.54, 1.807) is 6.07 Å². The molecule has 0 radical (unpaired) electrons. The normalized spacial score (nSPS) is 20.3. The maximum atomic E-state index is 12.2. The average Bonchev–Trinajstić information content (AvgIpc) is 3.04. The summed E-state index contributed by atoms with van der Waals surface area (Å²) in [7, 11) is 0. The molecule has 1 aromatic carbocycles. The molecule has 1 unspecified atom stereocenters. The zero-order valence-corrected chi connectivity index (χ0v) is 13.5. The van der Waals surface area contributed by atoms with E-state index in [2.05, 4.69) is 10.5 Å². The summed E-state index contributed by atoms with van der Waals surface area (Å²) < 4.78 is 5.15. The summed E-state index contributed by atoms with van der Waals surface area (Å²) in [6.45, 7) is 4.13. The van der Waals surface area contributed by atoms with Crippen LogP contribution in [-0.2, 0) is 12.0 Å². The number of aliphatic hydroxyl groups is 1. The van der Waals surface area contributed by atoms with Crippen LogP contribution >= 0.6 is 0 Å². The number of carbonyl (C=O) groups is 1. The van der Waals surface area contributed by atoms with E-state index in [-0.39, 0.29) is 24.1 Å². The Bertz CT molecular complexity index is 708. The molecule has 5 nitrogen and oxygen atoms in total. The highest BCUT2D eigenvalue weighted by atomic mass is 16.5. The molecule has 0 fully saturated rings. The van der Waals surface area contributed by atoms with Crippen LogP contribution in [0.15, 0.2) is 34.9 Å². The van der Waals surface area contributed by atoms with E-state index in [0.717, 1.165) is 24.0 Å². The van der Waals surface area contributed by atoms with E-state index in [0.29, 0.717) is 12.2 Å². The third-order valence-corrected chi connectivity index (χ3v) is 4.43. The monoisotopic (exact) mass is 314 g/mol. The molecule has 3 rings (SSSR count). The van der Waals surface area contributed by atoms with Crippen LogP contribution in [0.3, 0.4) is 0 Å². The van der Waals surface area contributed by atoms with Crippen molar-refractivity contribution in [3.05, 3.63) is 52.9 Å². The van der Waals surface area contributed by atoms with E-state index in [1.165, 1.54) is 0 Å². The Balaban J connectivity index is 1.71. The van der Waals surface area contributed by atoms with Gasteiger partial charge in [0, 0.05) is 12.0 Å². The number of aromatic nitrogens is 1. The van der Waals surface area contributed by atoms with Gasteiger partial charge in [-0.2, -0.15) is 0 Å². The molecule has 2 aromatic rings. The largest absolute Gasteiger partial charge is 0.383 e. The van der Waals surface area contributed by atoms with E-state index in [1.807, 2.05) is 38.1 Å². The highest BCUT2D eigenvalue weighted by molar-refractivity contribution is 5.92. The minimum Gasteiger partial charge on any atom is -0.383 e. The third kappa shape index (κ3) is 3.15. The number of hydrogen-bond acceptors (Lipinski definition) is 4. The number of fused-ring (bicyclic) bond motifs is 1. The van der Waals surface area contributed by atoms with Crippen LogP contribution in [0, 0.1) is 0 Å². The van der Waals surface area contributed by atoms with Crippen molar-refractivity contribution in [3.8, 4) is 0 Å². The Labute approximate surface area is 135 Å². The van der Waals surface area contributed by atoms with Crippen molar-refractivity contribution in [2.45, 2.75) is 44.6 Å². The SMILES string of the molecule is CC(C)c1cc(C(=O)NCC2(O)CCCc3ccccc32)no1. The molecular weight excluding hydrogens is 292 g/mol. The lowest BCUT2D eigenvalue weighted by atomic mass is 9.79. The van der Waals surface area contributed by atoms with Crippen LogP contribution in [0.25, 0.3) is 0 Å². The number of hydrogen-bond donors (Lipinski definition) is 2. The Morgan fingerprint density at radius 3 is 2.96 bits per heavy atom. The molecule has 1 aliphatic rings. The number of benzene rings is 1. The van der Waals surface area contributed by atoms with Gasteiger partial charge >= 0.3 is 0 Å². The first kappa shape index (κ1) is 15.7. The molecule has 1 aliphatic carbocycles. The van der Waals surface area contributed by atoms with Gasteiger partial charge in [-0.25, -0.2) is 0 Å². The molecule has 23 heavy (non-hydrogen) atoms. The molecule has 0 aliphatic heterocycles. The Morgan fingerprint density at radius 1 is 1.43 bits per heavy atom. The van der Waals surface area contributed by atoms with Gasteiger partial charge in [-0.05, 0) is 30.4 Å². The molecule has 1 atom stereocenters. The molecule has 1 aromatic heterocycles. The van der Waals surface area contributed by atoms with Gasteiger partial charge in [0.05, 0.1) is 6.54 Å². The number of nitrogens with zero attached hydrogens (tertiary/aromatic N) is 1. The van der Waals surface area contributed by atoms with Crippen molar-refractivity contribution in [2.24, 2.45) is 0 Å². The standard InChI is InChI=1S/C18H22N2O3/c1-12(2)16-10-15(20-23-16)17(21)19-11-18(22)9-5-7-13-6-3-4-8-14(13)18/h3-4,6,8,10,12,22H,5,7,9,11H2,1-2H3,(H,19,21). The first-order chi connectivity index (χ1) is 11.0. The number of aryl methyl sites for hydroxylation is 1. The van der Waals surface area contributed by atoms with E-state index < -0.39 is 5.60 Å². The summed E-state index contributed by atoms with van der Waals surface area (Å²) in [4.78, 5) is 12.2. The smallest absolute Gasteiger partial charge is 0.273 e. The van der Waals surface area contributed by atoms with Crippen LogP contribution in [-0.4, -0.2) is 22.7 Å². The zero-order chi connectivity index (χ0) is 16.4. The molecule has 1 heterocycles. The number of amides is 1. The molecule has 5 heteroatoms. The summed E-state index contributed by atoms with van der Waals surface area (Å²) in [5, 5.41) is 17.5. The van der Waals surface area contributed by atoms with Gasteiger partial charge < -0.3 is 14.9 Å². The molecular formula is C18H22N2O3. The molecule has 0 saturated carbocycles. The lowest BCUT2D eigenvalue weighted by Crippen LogP contribution is -2.43. The second-order valence-electron chi connectivity index (χ2n) is 6.49. The van der Waals surface area contributed by atoms with Crippen molar-refractivity contribution in [3.63, 3.8) is 0 Å². The zero-order valence-electron chi connectivity index (χ0n) is 13.5. The summed E-state index contributed by atoms with van der Waals surface area (Å²) >= 11 is 0. The summed E-state index contributed by atoms with van der Waals surface area (Å²) in [6.07, 6.45) is 2.51. The van der Waals surface area contributed by atoms with Crippen molar-refractivity contribution >= 4 is 5.91 Å². The fourth-order valence-electron chi connectivity index (χ4n) is 3.07. The number of nitrogens with one attached hydrogen (secondary N) is 1. The van der Waals surface area contributed by atoms with Crippen molar-refractivity contribution in [1.82, 2.24) is 10.5 Å². The highest BCUT2D eigenvalue weighted by Gasteiger charge is 2.34. The Hall–Kier alpha value is -2.14. The van der Waals surface area contributed by atoms with Gasteiger partial charge in [0.15, 0.2) is 5.69 Å². The van der Waals surface area contributed by atoms with Gasteiger partial charge in [-0.15, -0.1) is 0 Å². The van der Waals surface area contributed by atoms with Crippen molar-refractivity contribution in [1.29, 1.82) is 0 Å². The summed E-state index contributed by atoms with van der Waals surface area (Å²) in [5.74, 6) is 0.535. The fourth-order valence-corrected chi connectivity index (χ4v) is 3.07. The molecule has 0 saturated heterocycles. The van der Waals surface area contributed by atoms with Crippen molar-refractivity contribution < 1.29 is 14.4 Å². The topological polar surface area (TPSA) is 75.4 Å². The predicted octanol–water partition coefficient (Wildman–Crippen LogP) is 2.75. The van der Waals surface area contributed by atoms with Gasteiger partial charge in [0.1, 0.15) is 11.4 Å². The highest BCUT2D eigenvalue weighted by Crippen LogP contribution is 2.34. The van der Waals surface area contributed by atoms with Crippen molar-refractivity contribution in [2.75, 3.05) is 6.54 Å². The molecule has 0 spiro atoms. The average molecular weight is 314 g/mol. The maximum Gasteiger partial charge on any atom is 0.273 e. The maximum absolute atomic E-state index is 12.2. The predicted molar refractivity (Wildman–Crippen MR) is 86.2 cm³/mol. The Kier molecular flexibility index (Phi) is 4.22. The van der Waals surface area contributed by atoms with Gasteiger partial charge in [0.25, 0.3) is 5.91 Å². The minimum atomic E-state index is -1.02. The van der Waals surface area contributed by atoms with E-state index in [9.17, 15) is 9.90 Å². The first-order valence-corrected chi connectivity index (χ1v) is 8.05. The van der Waals surface area contributed by atoms with Gasteiger partial charge in [-0.3, -0.25) is 4.79 Å². The van der Waals surface area contributed by atoms with Crippen LogP contribution in [0.4, 0.5) is 0 Å². The fraction of sp³-hybridized carbons (Fsp3) is 0.444. The molecule has 2 N–H and O–H groups in total. The number of rotatable bonds is 4. The first-order valence-electron chi connectivity index (χ1n) is 8.05. The number of carbonyl (C=O) groups excluding carboxylic acids is 1. The van der Waals surface area contributed by atoms with Crippen LogP contribution < -0.4 is 5.32 Å². The van der Waals surface area contributed by atoms with Crippen LogP contribution in [0.1, 0.15) is 60.0 Å². The van der Waals surface area contributed by atoms with Crippen LogP contribution in [0.5, 0.6) is 0 Å². The second kappa shape index (κ2) is 6.16. The minimum absolute atomic E-state index is 0.173. The van der Waals surface area contributed by atoms with Gasteiger partial charge in [-0.1, -0.05) is 43.3 Å². The lowest BCUT2D eigenvalue weighted by Gasteiger charge is -2.34. The van der Waals surface area contributed by atoms with Crippen LogP contribution in [0.2, 0.25) is 0 Å².